The van der Waals surface area contributed by atoms with E-state index in [9.17, 15) is 19.2 Å². The number of aryl methyl sites for hydroxylation is 1. The largest absolute Gasteiger partial charge is 0.349 e. The Balaban J connectivity index is 1.34. The maximum atomic E-state index is 14.0. The predicted octanol–water partition coefficient (Wildman–Crippen LogP) is 2.69. The smallest absolute Gasteiger partial charge is 0.251 e. The van der Waals surface area contributed by atoms with Crippen molar-refractivity contribution in [3.63, 3.8) is 0 Å². The molecular weight excluding hydrogens is 508 g/mol. The van der Waals surface area contributed by atoms with E-state index in [4.69, 9.17) is 0 Å². The van der Waals surface area contributed by atoms with Gasteiger partial charge in [-0.15, -0.1) is 0 Å². The molecule has 208 valence electrons. The Morgan fingerprint density at radius 2 is 1.85 bits per heavy atom. The van der Waals surface area contributed by atoms with Crippen LogP contribution in [0.3, 0.4) is 0 Å². The van der Waals surface area contributed by atoms with Gasteiger partial charge in [0, 0.05) is 12.0 Å². The van der Waals surface area contributed by atoms with E-state index >= 15 is 0 Å². The first-order valence-electron chi connectivity index (χ1n) is 13.8. The van der Waals surface area contributed by atoms with Crippen molar-refractivity contribution in [1.82, 2.24) is 16.0 Å². The van der Waals surface area contributed by atoms with Gasteiger partial charge in [-0.1, -0.05) is 56.7 Å². The van der Waals surface area contributed by atoms with E-state index in [-0.39, 0.29) is 30.2 Å². The number of azo groups is 1. The summed E-state index contributed by atoms with van der Waals surface area (Å²) in [6, 6.07) is 12.2. The van der Waals surface area contributed by atoms with Crippen molar-refractivity contribution in [1.29, 1.82) is 0 Å². The summed E-state index contributed by atoms with van der Waals surface area (Å²) in [7, 11) is 0. The number of amides is 4. The Hall–Kier alpha value is -4.34. The van der Waals surface area contributed by atoms with Crippen LogP contribution in [-0.2, 0) is 27.2 Å². The molecule has 0 fully saturated rings. The molecule has 5 rings (SSSR count). The normalized spacial score (nSPS) is 20.7. The van der Waals surface area contributed by atoms with Gasteiger partial charge >= 0.3 is 0 Å². The second kappa shape index (κ2) is 11.8. The summed E-state index contributed by atoms with van der Waals surface area (Å²) < 4.78 is 0. The summed E-state index contributed by atoms with van der Waals surface area (Å²) in [5.41, 5.74) is 3.81. The summed E-state index contributed by atoms with van der Waals surface area (Å²) in [6.45, 7) is 4.58. The molecule has 0 aromatic heterocycles. The minimum atomic E-state index is -0.840. The van der Waals surface area contributed by atoms with Gasteiger partial charge < -0.3 is 16.0 Å². The standard InChI is InChI=1S/C30H34N6O4/c1-3-18(2)25(34-27(37)20-8-5-4-6-9-20)29(39)33-23-13-12-19-10-7-11-21-16-24(36(26(19)21)30(23)40)28(38)31-17-22-14-15-32-35-22/h4-11,14,18,23-25H,3,12-13,15-17H2,1-2H3,(H,31,38)(H,33,39)(H,34,37)/t18-,23-,24-,25-/m0/s1. The zero-order valence-corrected chi connectivity index (χ0v) is 22.7. The van der Waals surface area contributed by atoms with Gasteiger partial charge in [0.1, 0.15) is 18.1 Å². The molecule has 2 aromatic rings. The second-order valence-corrected chi connectivity index (χ2v) is 10.5. The van der Waals surface area contributed by atoms with Gasteiger partial charge in [0.25, 0.3) is 5.91 Å². The molecule has 4 amide bonds. The van der Waals surface area contributed by atoms with E-state index < -0.39 is 24.0 Å². The maximum absolute atomic E-state index is 14.0. The van der Waals surface area contributed by atoms with Crippen molar-refractivity contribution >= 4 is 29.3 Å². The summed E-state index contributed by atoms with van der Waals surface area (Å²) in [4.78, 5) is 55.3. The lowest BCUT2D eigenvalue weighted by Gasteiger charge is -2.30. The molecule has 3 heterocycles. The molecule has 0 radical (unpaired) electrons. The van der Waals surface area contributed by atoms with Crippen LogP contribution in [0, 0.1) is 5.92 Å². The zero-order valence-electron chi connectivity index (χ0n) is 22.7. The van der Waals surface area contributed by atoms with Gasteiger partial charge in [-0.05, 0) is 48.1 Å². The molecule has 3 aliphatic heterocycles. The van der Waals surface area contributed by atoms with E-state index in [1.807, 2.05) is 44.2 Å². The van der Waals surface area contributed by atoms with E-state index in [1.165, 1.54) is 0 Å². The number of hydrogen-bond donors (Lipinski definition) is 3. The fraction of sp³-hybridized carbons (Fsp3) is 0.400. The van der Waals surface area contributed by atoms with Crippen molar-refractivity contribution in [2.45, 2.75) is 57.7 Å². The SMILES string of the molecule is CC[C@H](C)[C@H](NC(=O)c1ccccc1)C(=O)N[C@H]1CCc2cccc3c2N(C1=O)[C@H](C(=O)NCC1=CCN=N1)C3. The van der Waals surface area contributed by atoms with E-state index in [1.54, 1.807) is 29.2 Å². The van der Waals surface area contributed by atoms with Crippen LogP contribution in [-0.4, -0.2) is 54.8 Å². The van der Waals surface area contributed by atoms with Gasteiger partial charge in [-0.2, -0.15) is 10.2 Å². The number of para-hydroxylation sites is 1. The third-order valence-corrected chi connectivity index (χ3v) is 7.90. The van der Waals surface area contributed by atoms with Crippen molar-refractivity contribution in [3.8, 4) is 0 Å². The summed E-state index contributed by atoms with van der Waals surface area (Å²) in [5.74, 6) is -1.53. The number of hydrogen-bond acceptors (Lipinski definition) is 6. The maximum Gasteiger partial charge on any atom is 0.251 e. The Morgan fingerprint density at radius 3 is 2.58 bits per heavy atom. The lowest BCUT2D eigenvalue weighted by atomic mass is 9.96. The minimum absolute atomic E-state index is 0.162. The topological polar surface area (TPSA) is 132 Å². The second-order valence-electron chi connectivity index (χ2n) is 10.5. The van der Waals surface area contributed by atoms with E-state index in [2.05, 4.69) is 26.2 Å². The number of benzene rings is 2. The van der Waals surface area contributed by atoms with Gasteiger partial charge in [0.2, 0.25) is 17.7 Å². The van der Waals surface area contributed by atoms with Gasteiger partial charge in [-0.3, -0.25) is 24.1 Å². The Bertz CT molecular complexity index is 1370. The predicted molar refractivity (Wildman–Crippen MR) is 150 cm³/mol. The van der Waals surface area contributed by atoms with Gasteiger partial charge in [0.05, 0.1) is 24.5 Å². The number of nitrogens with one attached hydrogen (secondary N) is 3. The zero-order chi connectivity index (χ0) is 28.2. The van der Waals surface area contributed by atoms with Crippen LogP contribution in [0.1, 0.15) is 48.2 Å². The highest BCUT2D eigenvalue weighted by Gasteiger charge is 2.44. The highest BCUT2D eigenvalue weighted by molar-refractivity contribution is 6.08. The fourth-order valence-corrected chi connectivity index (χ4v) is 5.47. The molecule has 0 aliphatic carbocycles. The molecule has 0 saturated carbocycles. The number of anilines is 1. The monoisotopic (exact) mass is 542 g/mol. The Morgan fingerprint density at radius 1 is 1.07 bits per heavy atom. The third kappa shape index (κ3) is 5.52. The van der Waals surface area contributed by atoms with Crippen molar-refractivity contribution < 1.29 is 19.2 Å². The van der Waals surface area contributed by atoms with Gasteiger partial charge in [-0.25, -0.2) is 0 Å². The molecule has 3 aliphatic rings. The van der Waals surface area contributed by atoms with Crippen molar-refractivity contribution in [3.05, 3.63) is 77.0 Å². The molecule has 0 saturated heterocycles. The van der Waals surface area contributed by atoms with Crippen LogP contribution in [0.2, 0.25) is 0 Å². The third-order valence-electron chi connectivity index (χ3n) is 7.90. The number of carbonyl (C=O) groups is 4. The van der Waals surface area contributed by atoms with E-state index in [0.717, 1.165) is 16.8 Å². The molecule has 0 unspecified atom stereocenters. The average Bonchev–Trinajstić information content (AvgIpc) is 3.61. The Kier molecular flexibility index (Phi) is 8.04. The first kappa shape index (κ1) is 27.2. The number of rotatable bonds is 9. The molecular formula is C30H34N6O4. The molecule has 10 nitrogen and oxygen atoms in total. The molecule has 0 spiro atoms. The average molecular weight is 543 g/mol. The highest BCUT2D eigenvalue weighted by Crippen LogP contribution is 2.39. The van der Waals surface area contributed by atoms with Crippen LogP contribution in [0.15, 0.2) is 70.5 Å². The van der Waals surface area contributed by atoms with Crippen LogP contribution in [0.5, 0.6) is 0 Å². The van der Waals surface area contributed by atoms with Crippen LogP contribution in [0.4, 0.5) is 5.69 Å². The molecule has 4 atom stereocenters. The highest BCUT2D eigenvalue weighted by atomic mass is 16.2. The quantitative estimate of drug-likeness (QED) is 0.449. The molecule has 2 aromatic carbocycles. The minimum Gasteiger partial charge on any atom is -0.349 e. The first-order valence-corrected chi connectivity index (χ1v) is 13.8. The first-order chi connectivity index (χ1) is 19.4. The molecule has 0 bridgehead atoms. The molecule has 3 N–H and O–H groups in total. The van der Waals surface area contributed by atoms with Crippen molar-refractivity contribution in [2.24, 2.45) is 16.1 Å². The van der Waals surface area contributed by atoms with Crippen LogP contribution < -0.4 is 20.9 Å². The summed E-state index contributed by atoms with van der Waals surface area (Å²) in [5, 5.41) is 16.6. The van der Waals surface area contributed by atoms with Gasteiger partial charge in [0.15, 0.2) is 0 Å². The fourth-order valence-electron chi connectivity index (χ4n) is 5.47. The van der Waals surface area contributed by atoms with Crippen LogP contribution in [0.25, 0.3) is 0 Å². The molecule has 40 heavy (non-hydrogen) atoms. The number of nitrogens with zero attached hydrogens (tertiary/aromatic N) is 3. The lowest BCUT2D eigenvalue weighted by Crippen LogP contribution is -2.58. The number of carbonyl (C=O) groups excluding carboxylic acids is 4. The molecule has 10 heteroatoms. The van der Waals surface area contributed by atoms with Crippen LogP contribution >= 0.6 is 0 Å². The lowest BCUT2D eigenvalue weighted by molar-refractivity contribution is -0.130. The van der Waals surface area contributed by atoms with Crippen molar-refractivity contribution in [2.75, 3.05) is 18.0 Å². The van der Waals surface area contributed by atoms with E-state index in [0.29, 0.717) is 43.5 Å². The summed E-state index contributed by atoms with van der Waals surface area (Å²) in [6.07, 6.45) is 3.85. The Labute approximate surface area is 233 Å². The summed E-state index contributed by atoms with van der Waals surface area (Å²) >= 11 is 0.